The maximum absolute atomic E-state index is 14.8. The zero-order chi connectivity index (χ0) is 32.6. The molecule has 44 heavy (non-hydrogen) atoms. The molecule has 3 aromatic carbocycles. The van der Waals surface area contributed by atoms with Gasteiger partial charge in [-0.1, -0.05) is 36.7 Å². The van der Waals surface area contributed by atoms with Crippen molar-refractivity contribution in [1.82, 2.24) is 10.2 Å². The molecule has 1 N–H and O–H groups in total. The predicted octanol–water partition coefficient (Wildman–Crippen LogP) is 5.03. The van der Waals surface area contributed by atoms with E-state index in [1.165, 1.54) is 82.9 Å². The van der Waals surface area contributed by atoms with Crippen molar-refractivity contribution in [2.45, 2.75) is 50.7 Å². The van der Waals surface area contributed by atoms with Gasteiger partial charge in [-0.2, -0.15) is 0 Å². The van der Waals surface area contributed by atoms with Gasteiger partial charge in [0.1, 0.15) is 24.2 Å². The third-order valence-corrected chi connectivity index (χ3v) is 9.09. The molecular weight excluding hydrogens is 613 g/mol. The lowest BCUT2D eigenvalue weighted by Gasteiger charge is -2.33. The summed E-state index contributed by atoms with van der Waals surface area (Å²) < 4.78 is 60.1. The van der Waals surface area contributed by atoms with Gasteiger partial charge >= 0.3 is 0 Å². The lowest BCUT2D eigenvalue weighted by Crippen LogP contribution is -2.52. The minimum atomic E-state index is -4.50. The van der Waals surface area contributed by atoms with Gasteiger partial charge in [0.05, 0.1) is 31.9 Å². The standard InChI is InChI=1S/C31H37ClFN3O7S/c1-7-20(2)34-31(38)21(3)35(18-22-10-8-9-11-25(22)33)30(37)19-36(26-16-23(32)12-14-27(26)41-4)44(39,40)24-13-15-28(42-5)29(17-24)43-6/h8-17,20-21H,7,18-19H2,1-6H3,(H,34,38)/t20-,21-/m1/s1. The normalized spacial score (nSPS) is 12.5. The predicted molar refractivity (Wildman–Crippen MR) is 166 cm³/mol. The molecule has 10 nitrogen and oxygen atoms in total. The Hall–Kier alpha value is -4.03. The highest BCUT2D eigenvalue weighted by Crippen LogP contribution is 2.37. The number of anilines is 1. The van der Waals surface area contributed by atoms with Crippen LogP contribution in [0.25, 0.3) is 0 Å². The van der Waals surface area contributed by atoms with Gasteiger partial charge in [-0.3, -0.25) is 13.9 Å². The Kier molecular flexibility index (Phi) is 11.8. The van der Waals surface area contributed by atoms with E-state index < -0.39 is 40.2 Å². The summed E-state index contributed by atoms with van der Waals surface area (Å²) in [5, 5.41) is 3.02. The van der Waals surface area contributed by atoms with Crippen molar-refractivity contribution >= 4 is 39.1 Å². The molecule has 0 fully saturated rings. The fourth-order valence-corrected chi connectivity index (χ4v) is 5.93. The minimum Gasteiger partial charge on any atom is -0.495 e. The number of nitrogens with zero attached hydrogens (tertiary/aromatic N) is 2. The molecule has 2 amide bonds. The first-order chi connectivity index (χ1) is 20.9. The molecule has 0 saturated carbocycles. The van der Waals surface area contributed by atoms with Crippen LogP contribution in [0, 0.1) is 5.82 Å². The van der Waals surface area contributed by atoms with Crippen molar-refractivity contribution in [2.24, 2.45) is 0 Å². The quantitative estimate of drug-likeness (QED) is 0.261. The molecule has 0 spiro atoms. The molecule has 0 saturated heterocycles. The second-order valence-electron chi connectivity index (χ2n) is 9.95. The van der Waals surface area contributed by atoms with Crippen LogP contribution in [0.4, 0.5) is 10.1 Å². The summed E-state index contributed by atoms with van der Waals surface area (Å²) >= 11 is 6.28. The van der Waals surface area contributed by atoms with E-state index in [1.54, 1.807) is 6.07 Å². The highest BCUT2D eigenvalue weighted by Gasteiger charge is 2.35. The fourth-order valence-electron chi connectivity index (χ4n) is 4.33. The monoisotopic (exact) mass is 649 g/mol. The number of carbonyl (C=O) groups excluding carboxylic acids is 2. The number of nitrogens with one attached hydrogen (secondary N) is 1. The Bertz CT molecular complexity index is 1590. The number of methoxy groups -OCH3 is 3. The molecule has 0 bridgehead atoms. The van der Waals surface area contributed by atoms with E-state index in [0.29, 0.717) is 12.2 Å². The van der Waals surface area contributed by atoms with E-state index in [2.05, 4.69) is 5.32 Å². The molecule has 0 unspecified atom stereocenters. The summed E-state index contributed by atoms with van der Waals surface area (Å²) in [6.07, 6.45) is 0.644. The number of carbonyl (C=O) groups is 2. The molecule has 0 aliphatic carbocycles. The zero-order valence-corrected chi connectivity index (χ0v) is 27.0. The van der Waals surface area contributed by atoms with Crippen molar-refractivity contribution < 1.29 is 36.6 Å². The van der Waals surface area contributed by atoms with E-state index in [-0.39, 0.29) is 45.3 Å². The molecule has 0 aliphatic rings. The number of amides is 2. The molecule has 238 valence electrons. The summed E-state index contributed by atoms with van der Waals surface area (Å²) in [6.45, 7) is 4.15. The van der Waals surface area contributed by atoms with Gasteiger partial charge in [0.15, 0.2) is 11.5 Å². The topological polar surface area (TPSA) is 114 Å². The molecule has 3 aromatic rings. The fraction of sp³-hybridized carbons (Fsp3) is 0.355. The van der Waals surface area contributed by atoms with Crippen molar-refractivity contribution in [2.75, 3.05) is 32.2 Å². The van der Waals surface area contributed by atoms with Gasteiger partial charge in [-0.05, 0) is 56.7 Å². The van der Waals surface area contributed by atoms with Gasteiger partial charge in [-0.15, -0.1) is 0 Å². The summed E-state index contributed by atoms with van der Waals surface area (Å²) in [7, 11) is -0.377. The first-order valence-electron chi connectivity index (χ1n) is 13.8. The number of hydrogen-bond acceptors (Lipinski definition) is 7. The first-order valence-corrected chi connectivity index (χ1v) is 15.6. The second-order valence-corrected chi connectivity index (χ2v) is 12.3. The van der Waals surface area contributed by atoms with E-state index in [9.17, 15) is 22.4 Å². The molecule has 0 aliphatic heterocycles. The number of benzene rings is 3. The molecule has 0 heterocycles. The third kappa shape index (κ3) is 7.92. The van der Waals surface area contributed by atoms with Gasteiger partial charge < -0.3 is 24.4 Å². The van der Waals surface area contributed by atoms with Crippen molar-refractivity contribution in [3.05, 3.63) is 77.1 Å². The SMILES string of the molecule is CC[C@@H](C)NC(=O)[C@@H](C)N(Cc1ccccc1F)C(=O)CN(c1cc(Cl)ccc1OC)S(=O)(=O)c1ccc(OC)c(OC)c1. The average molecular weight is 650 g/mol. The lowest BCUT2D eigenvalue weighted by molar-refractivity contribution is -0.139. The maximum atomic E-state index is 14.8. The zero-order valence-electron chi connectivity index (χ0n) is 25.5. The van der Waals surface area contributed by atoms with Crippen LogP contribution in [0.2, 0.25) is 5.02 Å². The summed E-state index contributed by atoms with van der Waals surface area (Å²) in [6, 6.07) is 12.9. The Balaban J connectivity index is 2.15. The molecule has 13 heteroatoms. The van der Waals surface area contributed by atoms with Gasteiger partial charge in [0, 0.05) is 29.2 Å². The number of hydrogen-bond donors (Lipinski definition) is 1. The van der Waals surface area contributed by atoms with Crippen molar-refractivity contribution in [3.8, 4) is 17.2 Å². The van der Waals surface area contributed by atoms with Gasteiger partial charge in [-0.25, -0.2) is 12.8 Å². The average Bonchev–Trinajstić information content (AvgIpc) is 3.02. The largest absolute Gasteiger partial charge is 0.495 e. The van der Waals surface area contributed by atoms with Crippen LogP contribution in [-0.2, 0) is 26.2 Å². The summed E-state index contributed by atoms with van der Waals surface area (Å²) in [4.78, 5) is 28.2. The van der Waals surface area contributed by atoms with Crippen LogP contribution in [0.15, 0.2) is 65.6 Å². The molecule has 2 atom stereocenters. The van der Waals surface area contributed by atoms with E-state index in [4.69, 9.17) is 25.8 Å². The van der Waals surface area contributed by atoms with Crippen molar-refractivity contribution in [3.63, 3.8) is 0 Å². The van der Waals surface area contributed by atoms with Crippen LogP contribution in [0.3, 0.4) is 0 Å². The number of rotatable bonds is 14. The number of halogens is 2. The minimum absolute atomic E-state index is 0.0225. The van der Waals surface area contributed by atoms with Crippen LogP contribution in [0.1, 0.15) is 32.8 Å². The van der Waals surface area contributed by atoms with E-state index in [1.807, 2.05) is 13.8 Å². The molecular formula is C31H37ClFN3O7S. The number of ether oxygens (including phenoxy) is 3. The second kappa shape index (κ2) is 15.1. The Morgan fingerprint density at radius 1 is 0.932 bits per heavy atom. The van der Waals surface area contributed by atoms with Gasteiger partial charge in [0.25, 0.3) is 10.0 Å². The highest BCUT2D eigenvalue weighted by molar-refractivity contribution is 7.92. The molecule has 3 rings (SSSR count). The summed E-state index contributed by atoms with van der Waals surface area (Å²) in [5.74, 6) is -1.26. The number of sulfonamides is 1. The Morgan fingerprint density at radius 3 is 2.18 bits per heavy atom. The van der Waals surface area contributed by atoms with Crippen LogP contribution >= 0.6 is 11.6 Å². The van der Waals surface area contributed by atoms with E-state index >= 15 is 0 Å². The van der Waals surface area contributed by atoms with E-state index in [0.717, 1.165) is 9.21 Å². The first kappa shape index (κ1) is 34.5. The Labute approximate surface area is 262 Å². The molecule has 0 radical (unpaired) electrons. The Morgan fingerprint density at radius 2 is 1.57 bits per heavy atom. The van der Waals surface area contributed by atoms with Crippen molar-refractivity contribution in [1.29, 1.82) is 0 Å². The third-order valence-electron chi connectivity index (χ3n) is 7.10. The molecule has 0 aromatic heterocycles. The maximum Gasteiger partial charge on any atom is 0.265 e. The summed E-state index contributed by atoms with van der Waals surface area (Å²) in [5.41, 5.74) is 0.129. The smallest absolute Gasteiger partial charge is 0.265 e. The lowest BCUT2D eigenvalue weighted by atomic mass is 10.1. The van der Waals surface area contributed by atoms with Gasteiger partial charge in [0.2, 0.25) is 11.8 Å². The van der Waals surface area contributed by atoms with Crippen LogP contribution < -0.4 is 23.8 Å². The van der Waals surface area contributed by atoms with Crippen LogP contribution in [0.5, 0.6) is 17.2 Å². The van der Waals surface area contributed by atoms with Crippen LogP contribution in [-0.4, -0.2) is 65.1 Å². The highest BCUT2D eigenvalue weighted by atomic mass is 35.5.